The van der Waals surface area contributed by atoms with Gasteiger partial charge in [0.1, 0.15) is 29.2 Å². The molecule has 0 aliphatic heterocycles. The minimum Gasteiger partial charge on any atom is -0.611 e. The number of aromatic nitrogens is 6. The third kappa shape index (κ3) is 6.53. The maximum atomic E-state index is 12.0. The van der Waals surface area contributed by atoms with Gasteiger partial charge in [-0.3, -0.25) is 4.79 Å². The molecule has 1 fully saturated rings. The van der Waals surface area contributed by atoms with Crippen molar-refractivity contribution in [1.29, 1.82) is 0 Å². The number of aliphatic imine (C=N–C) groups is 1. The molecule has 3 aromatic rings. The van der Waals surface area contributed by atoms with E-state index in [0.717, 1.165) is 25.0 Å². The van der Waals surface area contributed by atoms with Gasteiger partial charge in [0.05, 0.1) is 37.4 Å². The molecule has 0 radical (unpaired) electrons. The summed E-state index contributed by atoms with van der Waals surface area (Å²) in [4.78, 5) is 46.4. The lowest BCUT2D eigenvalue weighted by atomic mass is 10.1. The Labute approximate surface area is 237 Å². The average molecular weight is 566 g/mol. The first kappa shape index (κ1) is 29.3. The molecule has 3 heterocycles. The second kappa shape index (κ2) is 13.1. The molecule has 40 heavy (non-hydrogen) atoms. The summed E-state index contributed by atoms with van der Waals surface area (Å²) in [6.45, 7) is 8.02. The van der Waals surface area contributed by atoms with E-state index in [2.05, 4.69) is 44.1 Å². The molecule has 1 saturated carbocycles. The number of carbonyl (C=O) groups excluding carboxylic acids is 1. The van der Waals surface area contributed by atoms with Crippen LogP contribution in [0.2, 0.25) is 0 Å². The molecule has 0 bridgehead atoms. The lowest BCUT2D eigenvalue weighted by Gasteiger charge is -2.27. The zero-order chi connectivity index (χ0) is 28.8. The molecule has 0 spiro atoms. The van der Waals surface area contributed by atoms with E-state index >= 15 is 0 Å². The van der Waals surface area contributed by atoms with Crippen molar-refractivity contribution in [3.63, 3.8) is 0 Å². The molecule has 1 unspecified atom stereocenters. The highest BCUT2D eigenvalue weighted by Gasteiger charge is 2.32. The number of ether oxygens (including phenoxy) is 1. The molecule has 0 amide bonds. The van der Waals surface area contributed by atoms with Crippen LogP contribution in [-0.2, 0) is 22.5 Å². The van der Waals surface area contributed by atoms with Crippen molar-refractivity contribution in [2.45, 2.75) is 70.4 Å². The molecule has 212 valence electrons. The highest BCUT2D eigenvalue weighted by molar-refractivity contribution is 7.91. The van der Waals surface area contributed by atoms with Crippen LogP contribution in [0.1, 0.15) is 63.2 Å². The molecule has 3 aromatic heterocycles. The molecular weight excluding hydrogens is 530 g/mol. The standard InChI is InChI=1S/C27H35N9O3S/c1-7-16(3)36(5)26-23(34-21(14-37)30-13-20-28-11-19(12-29-20)40(38)8-2)17(4)33-25(35-26)22-24(18-9-10-18)31-15-32-27(22)39-6/h11-12,14-16,18H,7-10,13H2,1-6H3,(H,30,34)/t16-,40?/m0/s1. The van der Waals surface area contributed by atoms with E-state index in [1.54, 1.807) is 7.11 Å². The highest BCUT2D eigenvalue weighted by Crippen LogP contribution is 2.45. The third-order valence-corrected chi connectivity index (χ3v) is 8.09. The van der Waals surface area contributed by atoms with E-state index in [1.165, 1.54) is 18.7 Å². The van der Waals surface area contributed by atoms with Crippen molar-refractivity contribution in [2.75, 3.05) is 24.8 Å². The number of nitrogens with zero attached hydrogens (tertiary/aromatic N) is 8. The van der Waals surface area contributed by atoms with Crippen LogP contribution in [0.5, 0.6) is 5.88 Å². The minimum absolute atomic E-state index is 0.0855. The summed E-state index contributed by atoms with van der Waals surface area (Å²) in [5, 5.41) is 3.00. The minimum atomic E-state index is -1.13. The van der Waals surface area contributed by atoms with Gasteiger partial charge in [-0.15, -0.1) is 0 Å². The van der Waals surface area contributed by atoms with Gasteiger partial charge < -0.3 is 19.5 Å². The Morgan fingerprint density at radius 1 is 1.25 bits per heavy atom. The van der Waals surface area contributed by atoms with E-state index in [0.29, 0.717) is 63.1 Å². The number of amidine groups is 1. The first-order valence-electron chi connectivity index (χ1n) is 13.3. The summed E-state index contributed by atoms with van der Waals surface area (Å²) in [6, 6.07) is 0.140. The second-order valence-corrected chi connectivity index (χ2v) is 11.3. The van der Waals surface area contributed by atoms with Crippen molar-refractivity contribution in [3.05, 3.63) is 35.9 Å². The Balaban J connectivity index is 1.72. The number of hydrogen-bond acceptors (Lipinski definition) is 11. The van der Waals surface area contributed by atoms with Crippen molar-refractivity contribution in [3.8, 4) is 17.3 Å². The first-order valence-corrected chi connectivity index (χ1v) is 14.6. The van der Waals surface area contributed by atoms with Crippen LogP contribution in [-0.4, -0.2) is 72.5 Å². The molecule has 0 saturated heterocycles. The zero-order valence-corrected chi connectivity index (χ0v) is 24.5. The van der Waals surface area contributed by atoms with Gasteiger partial charge in [-0.2, -0.15) is 0 Å². The van der Waals surface area contributed by atoms with E-state index < -0.39 is 11.2 Å². The molecule has 2 atom stereocenters. The van der Waals surface area contributed by atoms with E-state index in [1.807, 2.05) is 25.8 Å². The number of anilines is 1. The molecule has 1 aliphatic rings. The summed E-state index contributed by atoms with van der Waals surface area (Å²) >= 11 is -1.13. The van der Waals surface area contributed by atoms with Gasteiger partial charge in [0.25, 0.3) is 0 Å². The van der Waals surface area contributed by atoms with Crippen molar-refractivity contribution in [2.24, 2.45) is 4.99 Å². The van der Waals surface area contributed by atoms with E-state index in [4.69, 9.17) is 14.7 Å². The Hall–Kier alpha value is -3.71. The predicted molar refractivity (Wildman–Crippen MR) is 153 cm³/mol. The monoisotopic (exact) mass is 565 g/mol. The van der Waals surface area contributed by atoms with Crippen LogP contribution in [0.4, 0.5) is 11.5 Å². The summed E-state index contributed by atoms with van der Waals surface area (Å²) < 4.78 is 17.5. The predicted octanol–water partition coefficient (Wildman–Crippen LogP) is 3.30. The fourth-order valence-electron chi connectivity index (χ4n) is 4.05. The van der Waals surface area contributed by atoms with E-state index in [9.17, 15) is 9.35 Å². The SMILES string of the molecule is CC[C@H](C)N(C)c1nc(-c2c(OC)ncnc2C2CC2)nc(C)c1/N=C(\C=O)NCc1ncc([S+]([O-])CC)cn1. The third-order valence-electron chi connectivity index (χ3n) is 6.83. The highest BCUT2D eigenvalue weighted by atomic mass is 32.2. The van der Waals surface area contributed by atoms with Crippen molar-refractivity contribution in [1.82, 2.24) is 35.2 Å². The first-order chi connectivity index (χ1) is 19.3. The number of nitrogens with one attached hydrogen (secondary N) is 1. The number of methoxy groups -OCH3 is 1. The summed E-state index contributed by atoms with van der Waals surface area (Å²) in [5.41, 5.74) is 2.62. The smallest absolute Gasteiger partial charge is 0.227 e. The van der Waals surface area contributed by atoms with Crippen LogP contribution in [0.15, 0.2) is 28.6 Å². The fraction of sp³-hybridized carbons (Fsp3) is 0.481. The number of aryl methyl sites for hydroxylation is 1. The largest absolute Gasteiger partial charge is 0.611 e. The molecule has 1 aliphatic carbocycles. The molecule has 12 nitrogen and oxygen atoms in total. The van der Waals surface area contributed by atoms with Crippen LogP contribution in [0.25, 0.3) is 11.4 Å². The zero-order valence-electron chi connectivity index (χ0n) is 23.7. The maximum absolute atomic E-state index is 12.0. The fourth-order valence-corrected chi connectivity index (χ4v) is 4.73. The van der Waals surface area contributed by atoms with Gasteiger partial charge in [-0.1, -0.05) is 6.92 Å². The van der Waals surface area contributed by atoms with Gasteiger partial charge in [0.15, 0.2) is 28.7 Å². The lowest BCUT2D eigenvalue weighted by molar-refractivity contribution is -0.102. The van der Waals surface area contributed by atoms with Gasteiger partial charge >= 0.3 is 0 Å². The van der Waals surface area contributed by atoms with Crippen LogP contribution in [0, 0.1) is 6.92 Å². The molecule has 13 heteroatoms. The molecular formula is C27H35N9O3S. The Morgan fingerprint density at radius 3 is 2.58 bits per heavy atom. The average Bonchev–Trinajstić information content (AvgIpc) is 3.84. The van der Waals surface area contributed by atoms with Crippen LogP contribution >= 0.6 is 0 Å². The van der Waals surface area contributed by atoms with Crippen LogP contribution in [0.3, 0.4) is 0 Å². The van der Waals surface area contributed by atoms with Gasteiger partial charge in [-0.05, 0) is 51.2 Å². The quantitative estimate of drug-likeness (QED) is 0.149. The lowest BCUT2D eigenvalue weighted by Crippen LogP contribution is -2.30. The van der Waals surface area contributed by atoms with Crippen LogP contribution < -0.4 is 15.0 Å². The molecule has 0 aromatic carbocycles. The Morgan fingerprint density at radius 2 is 1.98 bits per heavy atom. The number of aldehydes is 1. The number of carbonyl (C=O) groups is 1. The van der Waals surface area contributed by atoms with Gasteiger partial charge in [0.2, 0.25) is 5.88 Å². The summed E-state index contributed by atoms with van der Waals surface area (Å²) in [6.07, 6.45) is 8.19. The Bertz CT molecular complexity index is 1370. The second-order valence-electron chi connectivity index (χ2n) is 9.53. The maximum Gasteiger partial charge on any atom is 0.227 e. The van der Waals surface area contributed by atoms with Crippen molar-refractivity contribution >= 4 is 34.8 Å². The summed E-state index contributed by atoms with van der Waals surface area (Å²) in [7, 11) is 3.52. The Kier molecular flexibility index (Phi) is 9.58. The van der Waals surface area contributed by atoms with E-state index in [-0.39, 0.29) is 18.4 Å². The molecule has 1 N–H and O–H groups in total. The summed E-state index contributed by atoms with van der Waals surface area (Å²) in [5.74, 6) is 2.80. The molecule has 4 rings (SSSR count). The topological polar surface area (TPSA) is 154 Å². The number of rotatable bonds is 12. The van der Waals surface area contributed by atoms with Gasteiger partial charge in [-0.25, -0.2) is 34.9 Å². The van der Waals surface area contributed by atoms with Gasteiger partial charge in [0, 0.05) is 19.0 Å². The van der Waals surface area contributed by atoms with Crippen molar-refractivity contribution < 1.29 is 14.1 Å². The normalized spacial score (nSPS) is 14.9. The number of hydrogen-bond donors (Lipinski definition) is 1.